The largest absolute Gasteiger partial charge is 0.493 e. The second kappa shape index (κ2) is 11.5. The molecule has 0 saturated carbocycles. The number of methoxy groups -OCH3 is 2. The summed E-state index contributed by atoms with van der Waals surface area (Å²) in [7, 11) is 3.01. The van der Waals surface area contributed by atoms with Crippen LogP contribution in [0.1, 0.15) is 15.9 Å². The fourth-order valence-electron chi connectivity index (χ4n) is 3.37. The third-order valence-corrected chi connectivity index (χ3v) is 5.20. The molecule has 0 aliphatic carbocycles. The third kappa shape index (κ3) is 6.18. The lowest BCUT2D eigenvalue weighted by atomic mass is 10.1. The smallest absolute Gasteiger partial charge is 0.343 e. The van der Waals surface area contributed by atoms with Crippen LogP contribution in [-0.2, 0) is 4.79 Å². The zero-order chi connectivity index (χ0) is 25.3. The van der Waals surface area contributed by atoms with E-state index in [4.69, 9.17) is 18.9 Å². The first kappa shape index (κ1) is 24.3. The van der Waals surface area contributed by atoms with Gasteiger partial charge in [0.2, 0.25) is 0 Å². The van der Waals surface area contributed by atoms with Crippen LogP contribution in [0.15, 0.2) is 90.0 Å². The van der Waals surface area contributed by atoms with Gasteiger partial charge in [0, 0.05) is 0 Å². The van der Waals surface area contributed by atoms with Crippen molar-refractivity contribution in [3.05, 3.63) is 96.1 Å². The van der Waals surface area contributed by atoms with E-state index in [1.165, 1.54) is 20.4 Å². The maximum atomic E-state index is 12.4. The first-order valence-corrected chi connectivity index (χ1v) is 11.0. The van der Waals surface area contributed by atoms with Gasteiger partial charge in [0.05, 0.1) is 26.0 Å². The Labute approximate surface area is 208 Å². The predicted molar refractivity (Wildman–Crippen MR) is 136 cm³/mol. The van der Waals surface area contributed by atoms with Crippen molar-refractivity contribution in [2.24, 2.45) is 5.10 Å². The van der Waals surface area contributed by atoms with E-state index in [9.17, 15) is 9.59 Å². The van der Waals surface area contributed by atoms with Crippen LogP contribution in [0, 0.1) is 0 Å². The number of hydrogen-bond acceptors (Lipinski definition) is 7. The first-order valence-electron chi connectivity index (χ1n) is 11.0. The summed E-state index contributed by atoms with van der Waals surface area (Å²) in [5.74, 6) is 0.995. The van der Waals surface area contributed by atoms with Crippen LogP contribution in [0.5, 0.6) is 23.0 Å². The van der Waals surface area contributed by atoms with Crippen LogP contribution in [-0.4, -0.2) is 38.9 Å². The van der Waals surface area contributed by atoms with Gasteiger partial charge in [0.15, 0.2) is 18.1 Å². The molecule has 0 aliphatic heterocycles. The van der Waals surface area contributed by atoms with E-state index in [-0.39, 0.29) is 12.5 Å². The van der Waals surface area contributed by atoms with E-state index in [0.29, 0.717) is 34.1 Å². The topological polar surface area (TPSA) is 95.5 Å². The third-order valence-electron chi connectivity index (χ3n) is 5.20. The molecule has 0 radical (unpaired) electrons. The second-order valence-corrected chi connectivity index (χ2v) is 7.62. The summed E-state index contributed by atoms with van der Waals surface area (Å²) in [6, 6.07) is 25.0. The van der Waals surface area contributed by atoms with Crippen molar-refractivity contribution in [2.45, 2.75) is 0 Å². The van der Waals surface area contributed by atoms with E-state index < -0.39 is 5.97 Å². The van der Waals surface area contributed by atoms with Crippen molar-refractivity contribution in [1.82, 2.24) is 5.43 Å². The molecule has 1 N–H and O–H groups in total. The summed E-state index contributed by atoms with van der Waals surface area (Å²) in [5.41, 5.74) is 3.46. The SMILES string of the molecule is COc1ccc(C(=O)Oc2ccc(C=NNC(=O)COc3ccc4ccccc4c3)cc2)cc1OC. The number of carbonyl (C=O) groups is 2. The van der Waals surface area contributed by atoms with Gasteiger partial charge in [-0.1, -0.05) is 30.3 Å². The molecule has 0 saturated heterocycles. The molecule has 8 heteroatoms. The highest BCUT2D eigenvalue weighted by Gasteiger charge is 2.13. The minimum Gasteiger partial charge on any atom is -0.493 e. The van der Waals surface area contributed by atoms with Gasteiger partial charge in [0.1, 0.15) is 11.5 Å². The van der Waals surface area contributed by atoms with Gasteiger partial charge in [-0.3, -0.25) is 4.79 Å². The van der Waals surface area contributed by atoms with Crippen molar-refractivity contribution >= 4 is 28.9 Å². The minimum atomic E-state index is -0.531. The number of benzene rings is 4. The Morgan fingerprint density at radius 2 is 1.53 bits per heavy atom. The van der Waals surface area contributed by atoms with Crippen LogP contribution in [0.25, 0.3) is 10.8 Å². The number of rotatable bonds is 9. The standard InChI is InChI=1S/C28H24N2O6/c1-33-25-14-10-22(16-26(25)34-2)28(32)36-23-11-7-19(8-12-23)17-29-30-27(31)18-35-24-13-9-20-5-3-4-6-21(20)15-24/h3-17H,18H2,1-2H3,(H,30,31). The monoisotopic (exact) mass is 484 g/mol. The van der Waals surface area contributed by atoms with Crippen molar-refractivity contribution in [3.8, 4) is 23.0 Å². The Bertz CT molecular complexity index is 1400. The van der Waals surface area contributed by atoms with Crippen molar-refractivity contribution < 1.29 is 28.5 Å². The fraction of sp³-hybridized carbons (Fsp3) is 0.107. The number of hydrogen-bond donors (Lipinski definition) is 1. The Hall–Kier alpha value is -4.85. The summed E-state index contributed by atoms with van der Waals surface area (Å²) < 4.78 is 21.3. The molecule has 1 amide bonds. The van der Waals surface area contributed by atoms with Crippen LogP contribution >= 0.6 is 0 Å². The Morgan fingerprint density at radius 1 is 0.806 bits per heavy atom. The van der Waals surface area contributed by atoms with E-state index in [0.717, 1.165) is 10.8 Å². The molecule has 36 heavy (non-hydrogen) atoms. The molecular weight excluding hydrogens is 460 g/mol. The number of amides is 1. The number of carbonyl (C=O) groups excluding carboxylic acids is 2. The molecule has 0 unspecified atom stereocenters. The molecular formula is C28H24N2O6. The Kier molecular flexibility index (Phi) is 7.77. The summed E-state index contributed by atoms with van der Waals surface area (Å²) >= 11 is 0. The number of nitrogens with zero attached hydrogens (tertiary/aromatic N) is 1. The molecule has 0 aromatic heterocycles. The molecule has 0 fully saturated rings. The molecule has 0 aliphatic rings. The molecule has 4 aromatic rings. The molecule has 4 aromatic carbocycles. The molecule has 0 spiro atoms. The highest BCUT2D eigenvalue weighted by atomic mass is 16.5. The van der Waals surface area contributed by atoms with E-state index in [1.54, 1.807) is 42.5 Å². The van der Waals surface area contributed by atoms with Gasteiger partial charge in [-0.15, -0.1) is 0 Å². The number of ether oxygens (including phenoxy) is 4. The van der Waals surface area contributed by atoms with Crippen LogP contribution < -0.4 is 24.4 Å². The molecule has 182 valence electrons. The van der Waals surface area contributed by atoms with Gasteiger partial charge in [0.25, 0.3) is 5.91 Å². The van der Waals surface area contributed by atoms with E-state index in [1.807, 2.05) is 42.5 Å². The molecule has 8 nitrogen and oxygen atoms in total. The highest BCUT2D eigenvalue weighted by Crippen LogP contribution is 2.28. The van der Waals surface area contributed by atoms with Gasteiger partial charge < -0.3 is 18.9 Å². The van der Waals surface area contributed by atoms with E-state index in [2.05, 4.69) is 10.5 Å². The van der Waals surface area contributed by atoms with Gasteiger partial charge in [-0.25, -0.2) is 10.2 Å². The van der Waals surface area contributed by atoms with Gasteiger partial charge in [-0.05, 0) is 70.9 Å². The lowest BCUT2D eigenvalue weighted by Crippen LogP contribution is -2.24. The average Bonchev–Trinajstić information content (AvgIpc) is 2.92. The highest BCUT2D eigenvalue weighted by molar-refractivity contribution is 5.92. The molecule has 0 heterocycles. The van der Waals surface area contributed by atoms with Crippen molar-refractivity contribution in [1.29, 1.82) is 0 Å². The number of hydrazone groups is 1. The van der Waals surface area contributed by atoms with E-state index >= 15 is 0 Å². The normalized spacial score (nSPS) is 10.7. The molecule has 0 bridgehead atoms. The van der Waals surface area contributed by atoms with Crippen LogP contribution in [0.2, 0.25) is 0 Å². The first-order chi connectivity index (χ1) is 17.6. The van der Waals surface area contributed by atoms with Gasteiger partial charge >= 0.3 is 5.97 Å². The fourth-order valence-corrected chi connectivity index (χ4v) is 3.37. The summed E-state index contributed by atoms with van der Waals surface area (Å²) in [5, 5.41) is 6.07. The number of nitrogens with one attached hydrogen (secondary N) is 1. The zero-order valence-corrected chi connectivity index (χ0v) is 19.8. The van der Waals surface area contributed by atoms with Gasteiger partial charge in [-0.2, -0.15) is 5.10 Å². The van der Waals surface area contributed by atoms with Crippen LogP contribution in [0.4, 0.5) is 0 Å². The Morgan fingerprint density at radius 3 is 2.28 bits per heavy atom. The summed E-state index contributed by atoms with van der Waals surface area (Å²) in [6.07, 6.45) is 1.48. The second-order valence-electron chi connectivity index (χ2n) is 7.62. The number of fused-ring (bicyclic) bond motifs is 1. The number of esters is 1. The molecule has 4 rings (SSSR count). The average molecular weight is 485 g/mol. The Balaban J connectivity index is 1.26. The summed E-state index contributed by atoms with van der Waals surface area (Å²) in [4.78, 5) is 24.5. The van der Waals surface area contributed by atoms with Crippen molar-refractivity contribution in [2.75, 3.05) is 20.8 Å². The predicted octanol–water partition coefficient (Wildman–Crippen LogP) is 4.61. The quantitative estimate of drug-likeness (QED) is 0.161. The minimum absolute atomic E-state index is 0.166. The maximum absolute atomic E-state index is 12.4. The summed E-state index contributed by atoms with van der Waals surface area (Å²) in [6.45, 7) is -0.166. The lowest BCUT2D eigenvalue weighted by Gasteiger charge is -2.09. The molecule has 0 atom stereocenters. The van der Waals surface area contributed by atoms with Crippen LogP contribution in [0.3, 0.4) is 0 Å². The van der Waals surface area contributed by atoms with Crippen molar-refractivity contribution in [3.63, 3.8) is 0 Å². The maximum Gasteiger partial charge on any atom is 0.343 e. The lowest BCUT2D eigenvalue weighted by molar-refractivity contribution is -0.123. The zero-order valence-electron chi connectivity index (χ0n) is 19.8.